The first kappa shape index (κ1) is 16.7. The Morgan fingerprint density at radius 1 is 0.577 bits per heavy atom. The molecule has 132 valence electrons. The SMILES string of the molecule is Oc1ccc(-c2ccc(-c3ccc(O)c(C4CCCCC4)c3)cc2)cc1. The Morgan fingerprint density at radius 2 is 1.08 bits per heavy atom. The van der Waals surface area contributed by atoms with Gasteiger partial charge in [-0.1, -0.05) is 61.7 Å². The molecular weight excluding hydrogens is 320 g/mol. The second-order valence-corrected chi connectivity index (χ2v) is 7.23. The van der Waals surface area contributed by atoms with Crippen molar-refractivity contribution in [1.82, 2.24) is 0 Å². The van der Waals surface area contributed by atoms with Crippen molar-refractivity contribution in [3.8, 4) is 33.8 Å². The second-order valence-electron chi connectivity index (χ2n) is 7.23. The minimum absolute atomic E-state index is 0.282. The van der Waals surface area contributed by atoms with Gasteiger partial charge in [0.15, 0.2) is 0 Å². The third kappa shape index (κ3) is 3.45. The third-order valence-corrected chi connectivity index (χ3v) is 5.49. The van der Waals surface area contributed by atoms with Crippen molar-refractivity contribution < 1.29 is 10.2 Å². The molecule has 2 N–H and O–H groups in total. The van der Waals surface area contributed by atoms with Gasteiger partial charge in [0.05, 0.1) is 0 Å². The molecule has 3 aromatic carbocycles. The van der Waals surface area contributed by atoms with Crippen molar-refractivity contribution >= 4 is 0 Å². The molecule has 1 saturated carbocycles. The molecule has 2 heteroatoms. The molecule has 1 aliphatic carbocycles. The molecule has 0 bridgehead atoms. The minimum Gasteiger partial charge on any atom is -0.508 e. The molecule has 2 nitrogen and oxygen atoms in total. The lowest BCUT2D eigenvalue weighted by Gasteiger charge is -2.23. The zero-order valence-corrected chi connectivity index (χ0v) is 14.9. The first-order chi connectivity index (χ1) is 12.7. The van der Waals surface area contributed by atoms with E-state index in [-0.39, 0.29) is 5.75 Å². The van der Waals surface area contributed by atoms with E-state index in [1.165, 1.54) is 32.1 Å². The van der Waals surface area contributed by atoms with Gasteiger partial charge in [0.25, 0.3) is 0 Å². The van der Waals surface area contributed by atoms with Gasteiger partial charge in [-0.3, -0.25) is 0 Å². The summed E-state index contributed by atoms with van der Waals surface area (Å²) in [6, 6.07) is 21.7. The van der Waals surface area contributed by atoms with Crippen LogP contribution < -0.4 is 0 Å². The van der Waals surface area contributed by atoms with Gasteiger partial charge >= 0.3 is 0 Å². The molecule has 0 aliphatic heterocycles. The fourth-order valence-electron chi connectivity index (χ4n) is 3.98. The maximum absolute atomic E-state index is 10.3. The second kappa shape index (κ2) is 7.25. The van der Waals surface area contributed by atoms with Gasteiger partial charge in [-0.05, 0) is 70.8 Å². The molecule has 3 aromatic rings. The molecule has 1 fully saturated rings. The first-order valence-electron chi connectivity index (χ1n) is 9.43. The van der Waals surface area contributed by atoms with Crippen molar-refractivity contribution in [1.29, 1.82) is 0 Å². The predicted molar refractivity (Wildman–Crippen MR) is 106 cm³/mol. The molecule has 0 saturated heterocycles. The molecule has 4 rings (SSSR count). The number of phenols is 2. The number of hydrogen-bond donors (Lipinski definition) is 2. The highest BCUT2D eigenvalue weighted by Gasteiger charge is 2.19. The van der Waals surface area contributed by atoms with Crippen LogP contribution >= 0.6 is 0 Å². The summed E-state index contributed by atoms with van der Waals surface area (Å²) in [5.74, 6) is 1.20. The van der Waals surface area contributed by atoms with E-state index in [9.17, 15) is 10.2 Å². The van der Waals surface area contributed by atoms with E-state index in [4.69, 9.17) is 0 Å². The van der Waals surface area contributed by atoms with Crippen molar-refractivity contribution in [2.24, 2.45) is 0 Å². The molecule has 1 aliphatic rings. The van der Waals surface area contributed by atoms with Crippen LogP contribution in [0.25, 0.3) is 22.3 Å². The van der Waals surface area contributed by atoms with Gasteiger partial charge in [0, 0.05) is 0 Å². The number of phenolic OH excluding ortho intramolecular Hbond substituents is 2. The Balaban J connectivity index is 1.62. The smallest absolute Gasteiger partial charge is 0.119 e. The summed E-state index contributed by atoms with van der Waals surface area (Å²) in [5, 5.41) is 19.8. The lowest BCUT2D eigenvalue weighted by Crippen LogP contribution is -2.04. The molecule has 0 radical (unpaired) electrons. The normalized spacial score (nSPS) is 15.1. The first-order valence-corrected chi connectivity index (χ1v) is 9.43. The number of aromatic hydroxyl groups is 2. The summed E-state index contributed by atoms with van der Waals surface area (Å²) in [5.41, 5.74) is 5.62. The molecule has 26 heavy (non-hydrogen) atoms. The summed E-state index contributed by atoms with van der Waals surface area (Å²) < 4.78 is 0. The maximum atomic E-state index is 10.3. The predicted octanol–water partition coefficient (Wildman–Crippen LogP) is 6.48. The molecule has 0 atom stereocenters. The third-order valence-electron chi connectivity index (χ3n) is 5.49. The van der Waals surface area contributed by atoms with Crippen LogP contribution in [0.15, 0.2) is 66.7 Å². The van der Waals surface area contributed by atoms with E-state index < -0.39 is 0 Å². The molecule has 0 spiro atoms. The summed E-state index contributed by atoms with van der Waals surface area (Å²) >= 11 is 0. The largest absolute Gasteiger partial charge is 0.508 e. The maximum Gasteiger partial charge on any atom is 0.119 e. The highest BCUT2D eigenvalue weighted by molar-refractivity contribution is 5.71. The van der Waals surface area contributed by atoms with Crippen LogP contribution in [0.3, 0.4) is 0 Å². The van der Waals surface area contributed by atoms with Crippen molar-refractivity contribution in [2.45, 2.75) is 38.0 Å². The van der Waals surface area contributed by atoms with E-state index >= 15 is 0 Å². The Morgan fingerprint density at radius 3 is 1.69 bits per heavy atom. The monoisotopic (exact) mass is 344 g/mol. The number of hydrogen-bond acceptors (Lipinski definition) is 2. The van der Waals surface area contributed by atoms with Crippen molar-refractivity contribution in [3.63, 3.8) is 0 Å². The van der Waals surface area contributed by atoms with Crippen LogP contribution in [0.1, 0.15) is 43.6 Å². The lowest BCUT2D eigenvalue weighted by molar-refractivity contribution is 0.414. The van der Waals surface area contributed by atoms with Crippen molar-refractivity contribution in [2.75, 3.05) is 0 Å². The highest BCUT2D eigenvalue weighted by atomic mass is 16.3. The van der Waals surface area contributed by atoms with E-state index in [1.807, 2.05) is 24.3 Å². The zero-order chi connectivity index (χ0) is 17.9. The van der Waals surface area contributed by atoms with Gasteiger partial charge in [0.1, 0.15) is 11.5 Å². The molecule has 0 amide bonds. The molecule has 0 aromatic heterocycles. The van der Waals surface area contributed by atoms with E-state index in [1.54, 1.807) is 12.1 Å². The average Bonchev–Trinajstić information content (AvgIpc) is 2.70. The Labute approximate surface area is 154 Å². The van der Waals surface area contributed by atoms with Crippen molar-refractivity contribution in [3.05, 3.63) is 72.3 Å². The van der Waals surface area contributed by atoms with E-state index in [2.05, 4.69) is 30.3 Å². The molecule has 0 heterocycles. The summed E-state index contributed by atoms with van der Waals surface area (Å²) in [6.45, 7) is 0. The minimum atomic E-state index is 0.282. The van der Waals surface area contributed by atoms with Crippen LogP contribution in [0.5, 0.6) is 11.5 Å². The van der Waals surface area contributed by atoms with Gasteiger partial charge in [-0.15, -0.1) is 0 Å². The Kier molecular flexibility index (Phi) is 4.66. The Hall–Kier alpha value is -2.74. The fourth-order valence-corrected chi connectivity index (χ4v) is 3.98. The Bertz CT molecular complexity index is 873. The van der Waals surface area contributed by atoms with E-state index in [0.29, 0.717) is 11.7 Å². The van der Waals surface area contributed by atoms with Crippen LogP contribution in [-0.4, -0.2) is 10.2 Å². The molecule has 0 unspecified atom stereocenters. The van der Waals surface area contributed by atoms with Gasteiger partial charge in [-0.25, -0.2) is 0 Å². The van der Waals surface area contributed by atoms with Crippen LogP contribution in [0.2, 0.25) is 0 Å². The topological polar surface area (TPSA) is 40.5 Å². The van der Waals surface area contributed by atoms with Gasteiger partial charge < -0.3 is 10.2 Å². The van der Waals surface area contributed by atoms with Crippen LogP contribution in [0, 0.1) is 0 Å². The number of benzene rings is 3. The zero-order valence-electron chi connectivity index (χ0n) is 14.9. The quantitative estimate of drug-likeness (QED) is 0.571. The molecular formula is C24H24O2. The standard InChI is InChI=1S/C24H24O2/c25-22-13-10-18(11-14-22)17-6-8-19(9-7-17)21-12-15-24(26)23(16-21)20-4-2-1-3-5-20/h6-16,20,25-26H,1-5H2. The summed E-state index contributed by atoms with van der Waals surface area (Å²) in [4.78, 5) is 0. The summed E-state index contributed by atoms with van der Waals surface area (Å²) in [6.07, 6.45) is 6.19. The summed E-state index contributed by atoms with van der Waals surface area (Å²) in [7, 11) is 0. The number of rotatable bonds is 3. The highest BCUT2D eigenvalue weighted by Crippen LogP contribution is 2.39. The lowest BCUT2D eigenvalue weighted by atomic mass is 9.82. The fraction of sp³-hybridized carbons (Fsp3) is 0.250. The van der Waals surface area contributed by atoms with E-state index in [0.717, 1.165) is 27.8 Å². The van der Waals surface area contributed by atoms with Crippen LogP contribution in [0.4, 0.5) is 0 Å². The van der Waals surface area contributed by atoms with Crippen LogP contribution in [-0.2, 0) is 0 Å². The van der Waals surface area contributed by atoms with Gasteiger partial charge in [-0.2, -0.15) is 0 Å². The average molecular weight is 344 g/mol. The van der Waals surface area contributed by atoms with Gasteiger partial charge in [0.2, 0.25) is 0 Å².